The number of carboxylic acids is 1. The number of aliphatic carboxylic acids is 1. The summed E-state index contributed by atoms with van der Waals surface area (Å²) in [6, 6.07) is 29.7. The Balaban J connectivity index is 1.64. The van der Waals surface area contributed by atoms with Crippen LogP contribution in [-0.4, -0.2) is 57.8 Å². The predicted molar refractivity (Wildman–Crippen MR) is 150 cm³/mol. The fourth-order valence-electron chi connectivity index (χ4n) is 4.46. The molecule has 1 aromatic heterocycles. The molecule has 0 bridgehead atoms. The Morgan fingerprint density at radius 1 is 0.718 bits per heavy atom. The number of hydrogen-bond acceptors (Lipinski definition) is 4. The number of benzene rings is 3. The van der Waals surface area contributed by atoms with Gasteiger partial charge in [-0.05, 0) is 41.0 Å². The molecule has 3 aromatic carbocycles. The SMILES string of the molecule is CN(Cc1ccccc1)C(=O)c1ccccc1-c1ccccc1C(=O)N(CCC(=O)O)CCc1ccccn1. The van der Waals surface area contributed by atoms with E-state index in [0.717, 1.165) is 11.3 Å². The van der Waals surface area contributed by atoms with Gasteiger partial charge >= 0.3 is 5.97 Å². The van der Waals surface area contributed by atoms with Crippen molar-refractivity contribution in [3.8, 4) is 11.1 Å². The van der Waals surface area contributed by atoms with Gasteiger partial charge in [0.25, 0.3) is 11.8 Å². The molecule has 0 aliphatic carbocycles. The molecule has 198 valence electrons. The van der Waals surface area contributed by atoms with Gasteiger partial charge in [-0.25, -0.2) is 0 Å². The summed E-state index contributed by atoms with van der Waals surface area (Å²) >= 11 is 0. The van der Waals surface area contributed by atoms with E-state index in [2.05, 4.69) is 4.98 Å². The van der Waals surface area contributed by atoms with Crippen molar-refractivity contribution in [2.24, 2.45) is 0 Å². The highest BCUT2D eigenvalue weighted by molar-refractivity contribution is 6.06. The van der Waals surface area contributed by atoms with Crippen LogP contribution in [0.3, 0.4) is 0 Å². The molecular weight excluding hydrogens is 490 g/mol. The van der Waals surface area contributed by atoms with Crippen molar-refractivity contribution in [3.05, 3.63) is 126 Å². The molecule has 0 fully saturated rings. The van der Waals surface area contributed by atoms with Gasteiger partial charge in [0.1, 0.15) is 0 Å². The number of carbonyl (C=O) groups excluding carboxylic acids is 2. The van der Waals surface area contributed by atoms with Gasteiger partial charge in [0.05, 0.1) is 6.42 Å². The van der Waals surface area contributed by atoms with Gasteiger partial charge in [-0.15, -0.1) is 0 Å². The maximum Gasteiger partial charge on any atom is 0.305 e. The third kappa shape index (κ3) is 7.17. The average molecular weight is 522 g/mol. The smallest absolute Gasteiger partial charge is 0.305 e. The molecule has 2 amide bonds. The lowest BCUT2D eigenvalue weighted by atomic mass is 9.94. The van der Waals surface area contributed by atoms with E-state index in [1.54, 1.807) is 41.2 Å². The molecule has 0 atom stereocenters. The minimum Gasteiger partial charge on any atom is -0.481 e. The first kappa shape index (κ1) is 27.3. The highest BCUT2D eigenvalue weighted by atomic mass is 16.4. The number of rotatable bonds is 11. The van der Waals surface area contributed by atoms with Gasteiger partial charge in [-0.3, -0.25) is 19.4 Å². The van der Waals surface area contributed by atoms with E-state index in [1.165, 1.54) is 0 Å². The maximum absolute atomic E-state index is 13.8. The molecule has 0 aliphatic rings. The molecule has 0 saturated heterocycles. The lowest BCUT2D eigenvalue weighted by molar-refractivity contribution is -0.137. The Morgan fingerprint density at radius 3 is 1.92 bits per heavy atom. The van der Waals surface area contributed by atoms with Crippen LogP contribution in [0.5, 0.6) is 0 Å². The summed E-state index contributed by atoms with van der Waals surface area (Å²) in [6.45, 7) is 0.832. The second-order valence-electron chi connectivity index (χ2n) is 9.24. The number of hydrogen-bond donors (Lipinski definition) is 1. The third-order valence-corrected chi connectivity index (χ3v) is 6.46. The molecule has 1 N–H and O–H groups in total. The Kier molecular flexibility index (Phi) is 9.19. The molecule has 4 rings (SSSR count). The van der Waals surface area contributed by atoms with Crippen molar-refractivity contribution in [2.45, 2.75) is 19.4 Å². The average Bonchev–Trinajstić information content (AvgIpc) is 2.97. The van der Waals surface area contributed by atoms with Gasteiger partial charge in [-0.1, -0.05) is 72.8 Å². The van der Waals surface area contributed by atoms with E-state index in [-0.39, 0.29) is 24.8 Å². The van der Waals surface area contributed by atoms with E-state index in [4.69, 9.17) is 0 Å². The standard InChI is InChI=1S/C32H31N3O4/c1-34(23-24-11-3-2-4-12-24)31(38)28-16-7-5-14-26(28)27-15-6-8-17-29(27)32(39)35(22-19-30(36)37)21-18-25-13-9-10-20-33-25/h2-17,20H,18-19,21-23H2,1H3,(H,36,37). The molecule has 0 aliphatic heterocycles. The van der Waals surface area contributed by atoms with Crippen molar-refractivity contribution < 1.29 is 19.5 Å². The highest BCUT2D eigenvalue weighted by Gasteiger charge is 2.23. The van der Waals surface area contributed by atoms with E-state index in [9.17, 15) is 19.5 Å². The van der Waals surface area contributed by atoms with Crippen molar-refractivity contribution in [1.82, 2.24) is 14.8 Å². The first-order valence-electron chi connectivity index (χ1n) is 12.8. The first-order chi connectivity index (χ1) is 18.9. The van der Waals surface area contributed by atoms with E-state index >= 15 is 0 Å². The monoisotopic (exact) mass is 521 g/mol. The molecular formula is C32H31N3O4. The first-order valence-corrected chi connectivity index (χ1v) is 12.8. The summed E-state index contributed by atoms with van der Waals surface area (Å²) in [5, 5.41) is 9.30. The number of pyridine rings is 1. The predicted octanol–water partition coefficient (Wildman–Crippen LogP) is 5.18. The second-order valence-corrected chi connectivity index (χ2v) is 9.24. The summed E-state index contributed by atoms with van der Waals surface area (Å²) in [4.78, 5) is 46.3. The van der Waals surface area contributed by atoms with Gasteiger partial charge in [0.15, 0.2) is 0 Å². The summed E-state index contributed by atoms with van der Waals surface area (Å²) < 4.78 is 0. The maximum atomic E-state index is 13.8. The number of aromatic nitrogens is 1. The van der Waals surface area contributed by atoms with Crippen molar-refractivity contribution in [1.29, 1.82) is 0 Å². The molecule has 39 heavy (non-hydrogen) atoms. The van der Waals surface area contributed by atoms with Crippen LogP contribution in [0.15, 0.2) is 103 Å². The zero-order chi connectivity index (χ0) is 27.6. The molecule has 7 nitrogen and oxygen atoms in total. The summed E-state index contributed by atoms with van der Waals surface area (Å²) in [6.07, 6.45) is 2.01. The van der Waals surface area contributed by atoms with Crippen LogP contribution < -0.4 is 0 Å². The van der Waals surface area contributed by atoms with Gasteiger partial charge in [0, 0.05) is 56.1 Å². The van der Waals surface area contributed by atoms with Crippen molar-refractivity contribution in [3.63, 3.8) is 0 Å². The largest absolute Gasteiger partial charge is 0.481 e. The number of carbonyl (C=O) groups is 3. The fraction of sp³-hybridized carbons (Fsp3) is 0.188. The number of amides is 2. The molecule has 7 heteroatoms. The summed E-state index contributed by atoms with van der Waals surface area (Å²) in [5.74, 6) is -1.42. The molecule has 0 spiro atoms. The molecule has 4 aromatic rings. The lowest BCUT2D eigenvalue weighted by Crippen LogP contribution is -2.35. The van der Waals surface area contributed by atoms with Crippen LogP contribution >= 0.6 is 0 Å². The van der Waals surface area contributed by atoms with Crippen LogP contribution in [0.1, 0.15) is 38.4 Å². The minimum absolute atomic E-state index is 0.0652. The number of nitrogens with zero attached hydrogens (tertiary/aromatic N) is 3. The van der Waals surface area contributed by atoms with Crippen LogP contribution in [0.4, 0.5) is 0 Å². The Hall–Kier alpha value is -4.78. The summed E-state index contributed by atoms with van der Waals surface area (Å²) in [7, 11) is 1.76. The second kappa shape index (κ2) is 13.1. The normalized spacial score (nSPS) is 10.6. The van der Waals surface area contributed by atoms with Crippen molar-refractivity contribution >= 4 is 17.8 Å². The Labute approximate surface area is 228 Å². The zero-order valence-electron chi connectivity index (χ0n) is 21.9. The fourth-order valence-corrected chi connectivity index (χ4v) is 4.46. The molecule has 0 unspecified atom stereocenters. The minimum atomic E-state index is -0.976. The van der Waals surface area contributed by atoms with E-state index in [1.807, 2.05) is 78.9 Å². The Bertz CT molecular complexity index is 1420. The van der Waals surface area contributed by atoms with Crippen LogP contribution in [-0.2, 0) is 17.8 Å². The van der Waals surface area contributed by atoms with E-state index < -0.39 is 5.97 Å². The van der Waals surface area contributed by atoms with Crippen LogP contribution in [0, 0.1) is 0 Å². The highest BCUT2D eigenvalue weighted by Crippen LogP contribution is 2.29. The van der Waals surface area contributed by atoms with E-state index in [0.29, 0.717) is 41.8 Å². The topological polar surface area (TPSA) is 90.8 Å². The number of carboxylic acid groups (broad SMARTS) is 1. The molecule has 0 saturated carbocycles. The van der Waals surface area contributed by atoms with Crippen molar-refractivity contribution in [2.75, 3.05) is 20.1 Å². The molecule has 0 radical (unpaired) electrons. The Morgan fingerprint density at radius 2 is 1.31 bits per heavy atom. The quantitative estimate of drug-likeness (QED) is 0.294. The lowest BCUT2D eigenvalue weighted by Gasteiger charge is -2.24. The molecule has 1 heterocycles. The zero-order valence-corrected chi connectivity index (χ0v) is 21.9. The third-order valence-electron chi connectivity index (χ3n) is 6.46. The summed E-state index contributed by atoms with van der Waals surface area (Å²) in [5.41, 5.74) is 4.00. The van der Waals surface area contributed by atoms with Gasteiger partial charge < -0.3 is 14.9 Å². The van der Waals surface area contributed by atoms with Crippen LogP contribution in [0.2, 0.25) is 0 Å². The van der Waals surface area contributed by atoms with Gasteiger partial charge in [-0.2, -0.15) is 0 Å². The van der Waals surface area contributed by atoms with Gasteiger partial charge in [0.2, 0.25) is 0 Å². The van der Waals surface area contributed by atoms with Crippen LogP contribution in [0.25, 0.3) is 11.1 Å².